The molecule has 23 heavy (non-hydrogen) atoms. The predicted molar refractivity (Wildman–Crippen MR) is 85.9 cm³/mol. The van der Waals surface area contributed by atoms with Gasteiger partial charge < -0.3 is 14.8 Å². The molecule has 0 atom stereocenters. The quantitative estimate of drug-likeness (QED) is 0.777. The average Bonchev–Trinajstić information content (AvgIpc) is 3.24. The SMILES string of the molecule is O=C(NC1CCCCC1)c1nc(-c2ccc3[nH]ccc3c2)no1. The first kappa shape index (κ1) is 14.0. The molecule has 2 N–H and O–H groups in total. The van der Waals surface area contributed by atoms with Gasteiger partial charge in [-0.1, -0.05) is 24.4 Å². The first-order chi connectivity index (χ1) is 11.3. The fraction of sp³-hybridized carbons (Fsp3) is 0.353. The van der Waals surface area contributed by atoms with Gasteiger partial charge in [-0.3, -0.25) is 4.79 Å². The van der Waals surface area contributed by atoms with Gasteiger partial charge in [0.15, 0.2) is 0 Å². The molecule has 4 rings (SSSR count). The van der Waals surface area contributed by atoms with Gasteiger partial charge in [-0.25, -0.2) is 0 Å². The van der Waals surface area contributed by atoms with Crippen molar-refractivity contribution in [2.24, 2.45) is 0 Å². The summed E-state index contributed by atoms with van der Waals surface area (Å²) in [6.07, 6.45) is 7.51. The van der Waals surface area contributed by atoms with Crippen LogP contribution in [-0.4, -0.2) is 27.1 Å². The van der Waals surface area contributed by atoms with Crippen LogP contribution in [0.15, 0.2) is 35.0 Å². The number of aromatic nitrogens is 3. The molecule has 2 aromatic heterocycles. The van der Waals surface area contributed by atoms with Crippen molar-refractivity contribution in [2.75, 3.05) is 0 Å². The Morgan fingerprint density at radius 2 is 2.09 bits per heavy atom. The van der Waals surface area contributed by atoms with Gasteiger partial charge in [0.2, 0.25) is 5.82 Å². The molecule has 0 radical (unpaired) electrons. The molecular weight excluding hydrogens is 292 g/mol. The topological polar surface area (TPSA) is 83.8 Å². The van der Waals surface area contributed by atoms with E-state index in [1.165, 1.54) is 6.42 Å². The molecule has 1 amide bonds. The number of nitrogens with zero attached hydrogens (tertiary/aromatic N) is 2. The Labute approximate surface area is 133 Å². The summed E-state index contributed by atoms with van der Waals surface area (Å²) in [5.41, 5.74) is 1.88. The third-order valence-corrected chi connectivity index (χ3v) is 4.37. The Kier molecular flexibility index (Phi) is 3.57. The number of nitrogens with one attached hydrogen (secondary N) is 2. The lowest BCUT2D eigenvalue weighted by atomic mass is 9.95. The van der Waals surface area contributed by atoms with Crippen molar-refractivity contribution in [2.45, 2.75) is 38.1 Å². The van der Waals surface area contributed by atoms with Gasteiger partial charge in [-0.15, -0.1) is 0 Å². The number of H-pyrrole nitrogens is 1. The van der Waals surface area contributed by atoms with Crippen molar-refractivity contribution >= 4 is 16.8 Å². The molecule has 2 heterocycles. The summed E-state index contributed by atoms with van der Waals surface area (Å²) in [7, 11) is 0. The fourth-order valence-corrected chi connectivity index (χ4v) is 3.12. The molecule has 118 valence electrons. The van der Waals surface area contributed by atoms with Crippen molar-refractivity contribution in [1.29, 1.82) is 0 Å². The minimum absolute atomic E-state index is 0.0275. The van der Waals surface area contributed by atoms with Gasteiger partial charge in [-0.2, -0.15) is 4.98 Å². The summed E-state index contributed by atoms with van der Waals surface area (Å²) in [4.78, 5) is 19.6. The maximum Gasteiger partial charge on any atom is 0.316 e. The van der Waals surface area contributed by atoms with Gasteiger partial charge in [0, 0.05) is 28.7 Å². The Bertz CT molecular complexity index is 830. The van der Waals surface area contributed by atoms with Gasteiger partial charge in [-0.05, 0) is 37.1 Å². The van der Waals surface area contributed by atoms with Crippen LogP contribution in [0.3, 0.4) is 0 Å². The van der Waals surface area contributed by atoms with Gasteiger partial charge >= 0.3 is 11.8 Å². The van der Waals surface area contributed by atoms with E-state index in [1.807, 2.05) is 30.5 Å². The van der Waals surface area contributed by atoms with Gasteiger partial charge in [0.1, 0.15) is 0 Å². The fourth-order valence-electron chi connectivity index (χ4n) is 3.12. The number of hydrogen-bond acceptors (Lipinski definition) is 4. The summed E-state index contributed by atoms with van der Waals surface area (Å²) < 4.78 is 5.13. The van der Waals surface area contributed by atoms with E-state index in [2.05, 4.69) is 20.4 Å². The maximum atomic E-state index is 12.2. The molecule has 3 aromatic rings. The molecule has 6 heteroatoms. The third-order valence-electron chi connectivity index (χ3n) is 4.37. The second kappa shape index (κ2) is 5.87. The van der Waals surface area contributed by atoms with E-state index in [9.17, 15) is 4.79 Å². The molecule has 0 spiro atoms. The van der Waals surface area contributed by atoms with Crippen LogP contribution >= 0.6 is 0 Å². The highest BCUT2D eigenvalue weighted by Gasteiger charge is 2.21. The lowest BCUT2D eigenvalue weighted by Gasteiger charge is -2.21. The van der Waals surface area contributed by atoms with Crippen LogP contribution < -0.4 is 5.32 Å². The molecule has 0 saturated heterocycles. The number of rotatable bonds is 3. The summed E-state index contributed by atoms with van der Waals surface area (Å²) in [5, 5.41) is 7.99. The van der Waals surface area contributed by atoms with Crippen LogP contribution in [0, 0.1) is 0 Å². The van der Waals surface area contributed by atoms with E-state index in [0.29, 0.717) is 5.82 Å². The summed E-state index contributed by atoms with van der Waals surface area (Å²) in [5.74, 6) is 0.181. The highest BCUT2D eigenvalue weighted by molar-refractivity contribution is 5.90. The van der Waals surface area contributed by atoms with E-state index >= 15 is 0 Å². The molecule has 1 fully saturated rings. The first-order valence-corrected chi connectivity index (χ1v) is 8.02. The summed E-state index contributed by atoms with van der Waals surface area (Å²) in [6, 6.07) is 8.05. The number of hydrogen-bond donors (Lipinski definition) is 2. The van der Waals surface area contributed by atoms with Crippen LogP contribution in [0.2, 0.25) is 0 Å². The molecule has 6 nitrogen and oxygen atoms in total. The Hall–Kier alpha value is -2.63. The monoisotopic (exact) mass is 310 g/mol. The van der Waals surface area contributed by atoms with Crippen molar-refractivity contribution in [3.8, 4) is 11.4 Å². The number of amides is 1. The standard InChI is InChI=1S/C17H18N4O2/c22-16(19-13-4-2-1-3-5-13)17-20-15(21-23-17)12-6-7-14-11(10-12)8-9-18-14/h6-10,13,18H,1-5H2,(H,19,22). The van der Waals surface area contributed by atoms with E-state index in [0.717, 1.165) is 42.1 Å². The molecule has 1 aliphatic rings. The zero-order valence-electron chi connectivity index (χ0n) is 12.7. The second-order valence-electron chi connectivity index (χ2n) is 6.01. The van der Waals surface area contributed by atoms with Crippen LogP contribution in [0.4, 0.5) is 0 Å². The molecular formula is C17H18N4O2. The van der Waals surface area contributed by atoms with Crippen LogP contribution in [0.5, 0.6) is 0 Å². The van der Waals surface area contributed by atoms with Crippen LogP contribution in [-0.2, 0) is 0 Å². The normalized spacial score (nSPS) is 15.8. The summed E-state index contributed by atoms with van der Waals surface area (Å²) in [6.45, 7) is 0. The predicted octanol–water partition coefficient (Wildman–Crippen LogP) is 3.28. The van der Waals surface area contributed by atoms with Crippen LogP contribution in [0.1, 0.15) is 42.8 Å². The smallest absolute Gasteiger partial charge is 0.316 e. The number of carbonyl (C=O) groups excluding carboxylic acids is 1. The van der Waals surface area contributed by atoms with Crippen LogP contribution in [0.25, 0.3) is 22.3 Å². The van der Waals surface area contributed by atoms with E-state index in [4.69, 9.17) is 4.52 Å². The highest BCUT2D eigenvalue weighted by atomic mass is 16.5. The Morgan fingerprint density at radius 3 is 2.96 bits per heavy atom. The number of fused-ring (bicyclic) bond motifs is 1. The zero-order chi connectivity index (χ0) is 15.6. The number of carbonyl (C=O) groups is 1. The molecule has 1 saturated carbocycles. The average molecular weight is 310 g/mol. The van der Waals surface area contributed by atoms with E-state index in [1.54, 1.807) is 0 Å². The minimum atomic E-state index is -0.279. The van der Waals surface area contributed by atoms with Crippen molar-refractivity contribution < 1.29 is 9.32 Å². The Balaban J connectivity index is 1.52. The molecule has 1 aromatic carbocycles. The third kappa shape index (κ3) is 2.84. The van der Waals surface area contributed by atoms with Gasteiger partial charge in [0.25, 0.3) is 0 Å². The molecule has 0 unspecified atom stereocenters. The maximum absolute atomic E-state index is 12.2. The number of aromatic amines is 1. The van der Waals surface area contributed by atoms with E-state index in [-0.39, 0.29) is 17.8 Å². The van der Waals surface area contributed by atoms with Crippen molar-refractivity contribution in [3.63, 3.8) is 0 Å². The molecule has 0 aliphatic heterocycles. The van der Waals surface area contributed by atoms with Crippen molar-refractivity contribution in [3.05, 3.63) is 36.4 Å². The first-order valence-electron chi connectivity index (χ1n) is 8.02. The minimum Gasteiger partial charge on any atom is -0.361 e. The highest BCUT2D eigenvalue weighted by Crippen LogP contribution is 2.22. The lowest BCUT2D eigenvalue weighted by Crippen LogP contribution is -2.36. The zero-order valence-corrected chi connectivity index (χ0v) is 12.7. The molecule has 0 bridgehead atoms. The van der Waals surface area contributed by atoms with Gasteiger partial charge in [0.05, 0.1) is 0 Å². The lowest BCUT2D eigenvalue weighted by molar-refractivity contribution is 0.0883. The van der Waals surface area contributed by atoms with E-state index < -0.39 is 0 Å². The number of benzene rings is 1. The largest absolute Gasteiger partial charge is 0.361 e. The second-order valence-corrected chi connectivity index (χ2v) is 6.01. The Morgan fingerprint density at radius 1 is 1.22 bits per heavy atom. The molecule has 1 aliphatic carbocycles. The van der Waals surface area contributed by atoms with Crippen molar-refractivity contribution in [1.82, 2.24) is 20.4 Å². The summed E-state index contributed by atoms with van der Waals surface area (Å²) >= 11 is 0.